The van der Waals surface area contributed by atoms with Crippen LogP contribution in [-0.4, -0.2) is 47.0 Å². The average Bonchev–Trinajstić information content (AvgIpc) is 3.37. The zero-order valence-corrected chi connectivity index (χ0v) is 27.8. The number of nitrogens with two attached hydrogens (primary N) is 1. The summed E-state index contributed by atoms with van der Waals surface area (Å²) in [5.74, 6) is -3.03. The number of rotatable bonds is 13. The molecular formula is C35H42N6O6. The van der Waals surface area contributed by atoms with Crippen LogP contribution in [0.3, 0.4) is 0 Å². The quantitative estimate of drug-likeness (QED) is 0.160. The Hall–Kier alpha value is -5.44. The van der Waals surface area contributed by atoms with Crippen molar-refractivity contribution < 1.29 is 28.4 Å². The summed E-state index contributed by atoms with van der Waals surface area (Å²) in [5, 5.41) is 21.7. The largest absolute Gasteiger partial charge is 0.491 e. The summed E-state index contributed by atoms with van der Waals surface area (Å²) in [6.45, 7) is 12.5. The van der Waals surface area contributed by atoms with E-state index in [-0.39, 0.29) is 41.7 Å². The van der Waals surface area contributed by atoms with Crippen LogP contribution in [0, 0.1) is 31.1 Å². The summed E-state index contributed by atoms with van der Waals surface area (Å²) in [6.07, 6.45) is 1.44. The SMILES string of the molecule is Cc1ccc(CNC(=O)[C@H](COc2cccc(C=C(C#N)C(=O)NC(C)(C)C)c2)NC(=O)[C@H](c2c(C(N)=O)noc2C)C(C)C)cc1. The Kier molecular flexibility index (Phi) is 12.0. The molecule has 0 saturated heterocycles. The number of carbonyl (C=O) groups is 4. The number of nitrogens with zero attached hydrogens (tertiary/aromatic N) is 2. The Labute approximate surface area is 274 Å². The second kappa shape index (κ2) is 15.7. The van der Waals surface area contributed by atoms with Crippen LogP contribution in [0.15, 0.2) is 58.6 Å². The monoisotopic (exact) mass is 642 g/mol. The Bertz CT molecular complexity index is 1680. The predicted octanol–water partition coefficient (Wildman–Crippen LogP) is 3.83. The van der Waals surface area contributed by atoms with E-state index < -0.39 is 41.1 Å². The molecule has 1 aromatic heterocycles. The molecule has 0 aliphatic rings. The number of ether oxygens (including phenoxy) is 1. The van der Waals surface area contributed by atoms with Crippen LogP contribution in [0.1, 0.15) is 79.0 Å². The summed E-state index contributed by atoms with van der Waals surface area (Å²) in [6, 6.07) is 15.1. The van der Waals surface area contributed by atoms with Crippen molar-refractivity contribution in [3.8, 4) is 11.8 Å². The summed E-state index contributed by atoms with van der Waals surface area (Å²) >= 11 is 0. The van der Waals surface area contributed by atoms with E-state index in [1.165, 1.54) is 6.08 Å². The zero-order valence-electron chi connectivity index (χ0n) is 27.8. The number of carbonyl (C=O) groups excluding carboxylic acids is 4. The summed E-state index contributed by atoms with van der Waals surface area (Å²) in [4.78, 5) is 51.9. The van der Waals surface area contributed by atoms with Gasteiger partial charge in [-0.2, -0.15) is 5.26 Å². The van der Waals surface area contributed by atoms with Gasteiger partial charge in [-0.25, -0.2) is 0 Å². The van der Waals surface area contributed by atoms with E-state index in [0.29, 0.717) is 11.3 Å². The molecule has 12 heteroatoms. The van der Waals surface area contributed by atoms with Gasteiger partial charge in [0.05, 0.1) is 5.92 Å². The molecule has 0 radical (unpaired) electrons. The van der Waals surface area contributed by atoms with E-state index in [0.717, 1.165) is 11.1 Å². The standard InChI is InChI=1S/C35H42N6O6/c1-20(2)28(29-22(4)47-41-30(29)31(37)42)34(45)39-27(33(44)38-18-23-13-11-21(3)12-14-23)19-46-26-10-8-9-24(16-26)15-25(17-36)32(43)40-35(5,6)7/h8-16,20,27-28H,18-19H2,1-7H3,(H2,37,42)(H,38,44)(H,39,45)(H,40,43)/t27-,28-/m0/s1. The van der Waals surface area contributed by atoms with E-state index in [1.54, 1.807) is 45.0 Å². The molecular weight excluding hydrogens is 600 g/mol. The number of nitriles is 1. The van der Waals surface area contributed by atoms with Crippen LogP contribution < -0.4 is 26.4 Å². The zero-order chi connectivity index (χ0) is 34.9. The van der Waals surface area contributed by atoms with Crippen molar-refractivity contribution in [2.45, 2.75) is 72.5 Å². The van der Waals surface area contributed by atoms with E-state index in [1.807, 2.05) is 58.0 Å². The third kappa shape index (κ3) is 10.3. The van der Waals surface area contributed by atoms with Crippen LogP contribution in [-0.2, 0) is 20.9 Å². The first kappa shape index (κ1) is 36.0. The van der Waals surface area contributed by atoms with Gasteiger partial charge < -0.3 is 30.9 Å². The van der Waals surface area contributed by atoms with Gasteiger partial charge in [0.2, 0.25) is 11.8 Å². The highest BCUT2D eigenvalue weighted by molar-refractivity contribution is 6.02. The Morgan fingerprint density at radius 1 is 1.06 bits per heavy atom. The van der Waals surface area contributed by atoms with Crippen LogP contribution in [0.5, 0.6) is 5.75 Å². The maximum atomic E-state index is 13.8. The highest BCUT2D eigenvalue weighted by Crippen LogP contribution is 2.30. The molecule has 0 aliphatic heterocycles. The lowest BCUT2D eigenvalue weighted by atomic mass is 9.86. The summed E-state index contributed by atoms with van der Waals surface area (Å²) < 4.78 is 11.2. The minimum Gasteiger partial charge on any atom is -0.491 e. The highest BCUT2D eigenvalue weighted by atomic mass is 16.5. The van der Waals surface area contributed by atoms with Crippen LogP contribution in [0.2, 0.25) is 0 Å². The number of benzene rings is 2. The van der Waals surface area contributed by atoms with Crippen molar-refractivity contribution in [2.75, 3.05) is 6.61 Å². The molecule has 0 aliphatic carbocycles. The molecule has 4 amide bonds. The second-order valence-corrected chi connectivity index (χ2v) is 12.6. The van der Waals surface area contributed by atoms with Crippen LogP contribution >= 0.6 is 0 Å². The van der Waals surface area contributed by atoms with Crippen molar-refractivity contribution in [1.82, 2.24) is 21.1 Å². The molecule has 248 valence electrons. The van der Waals surface area contributed by atoms with Crippen LogP contribution in [0.25, 0.3) is 6.08 Å². The minimum atomic E-state index is -1.15. The lowest BCUT2D eigenvalue weighted by Crippen LogP contribution is -2.51. The van der Waals surface area contributed by atoms with Gasteiger partial charge in [-0.15, -0.1) is 0 Å². The molecule has 0 bridgehead atoms. The molecule has 0 spiro atoms. The maximum Gasteiger partial charge on any atom is 0.271 e. The maximum absolute atomic E-state index is 13.8. The molecule has 2 aromatic carbocycles. The molecule has 0 unspecified atom stereocenters. The molecule has 0 saturated carbocycles. The van der Waals surface area contributed by atoms with E-state index in [2.05, 4.69) is 21.1 Å². The van der Waals surface area contributed by atoms with Gasteiger partial charge >= 0.3 is 0 Å². The Balaban J connectivity index is 1.87. The molecule has 5 N–H and O–H groups in total. The smallest absolute Gasteiger partial charge is 0.271 e. The molecule has 47 heavy (non-hydrogen) atoms. The topological polar surface area (TPSA) is 189 Å². The first-order valence-electron chi connectivity index (χ1n) is 15.2. The third-order valence-corrected chi connectivity index (χ3v) is 7.06. The van der Waals surface area contributed by atoms with E-state index in [4.69, 9.17) is 15.0 Å². The number of aromatic nitrogens is 1. The van der Waals surface area contributed by atoms with Gasteiger partial charge in [0, 0.05) is 17.6 Å². The first-order chi connectivity index (χ1) is 22.1. The molecule has 2 atom stereocenters. The average molecular weight is 643 g/mol. The fourth-order valence-electron chi connectivity index (χ4n) is 4.75. The van der Waals surface area contributed by atoms with Gasteiger partial charge in [0.25, 0.3) is 11.8 Å². The minimum absolute atomic E-state index is 0.0863. The van der Waals surface area contributed by atoms with Gasteiger partial charge in [-0.3, -0.25) is 19.2 Å². The number of aryl methyl sites for hydroxylation is 2. The Morgan fingerprint density at radius 3 is 2.34 bits per heavy atom. The van der Waals surface area contributed by atoms with Gasteiger partial charge in [0.15, 0.2) is 5.69 Å². The van der Waals surface area contributed by atoms with Crippen molar-refractivity contribution >= 4 is 29.7 Å². The lowest BCUT2D eigenvalue weighted by Gasteiger charge is -2.25. The molecule has 3 rings (SSSR count). The fourth-order valence-corrected chi connectivity index (χ4v) is 4.75. The molecule has 1 heterocycles. The highest BCUT2D eigenvalue weighted by Gasteiger charge is 2.35. The first-order valence-corrected chi connectivity index (χ1v) is 15.2. The summed E-state index contributed by atoms with van der Waals surface area (Å²) in [7, 11) is 0. The normalized spacial score (nSPS) is 12.9. The number of hydrogen-bond donors (Lipinski definition) is 4. The molecule has 3 aromatic rings. The number of nitrogens with one attached hydrogen (secondary N) is 3. The van der Waals surface area contributed by atoms with Gasteiger partial charge in [-0.05, 0) is 69.9 Å². The van der Waals surface area contributed by atoms with Crippen molar-refractivity contribution in [2.24, 2.45) is 11.7 Å². The molecule has 0 fully saturated rings. The third-order valence-electron chi connectivity index (χ3n) is 7.06. The van der Waals surface area contributed by atoms with Gasteiger partial charge in [0.1, 0.15) is 35.8 Å². The molecule has 12 nitrogen and oxygen atoms in total. The lowest BCUT2D eigenvalue weighted by molar-refractivity contribution is -0.131. The fraction of sp³-hybridized carbons (Fsp3) is 0.371. The summed E-state index contributed by atoms with van der Waals surface area (Å²) in [5.41, 5.74) is 7.46. The van der Waals surface area contributed by atoms with Crippen molar-refractivity contribution in [1.29, 1.82) is 5.26 Å². The van der Waals surface area contributed by atoms with E-state index in [9.17, 15) is 24.4 Å². The Morgan fingerprint density at radius 2 is 1.74 bits per heavy atom. The second-order valence-electron chi connectivity index (χ2n) is 12.6. The number of amides is 4. The van der Waals surface area contributed by atoms with Crippen molar-refractivity contribution in [3.63, 3.8) is 0 Å². The van der Waals surface area contributed by atoms with Crippen molar-refractivity contribution in [3.05, 3.63) is 87.8 Å². The van der Waals surface area contributed by atoms with Crippen LogP contribution in [0.4, 0.5) is 0 Å². The number of hydrogen-bond acceptors (Lipinski definition) is 8. The number of primary amides is 1. The van der Waals surface area contributed by atoms with E-state index >= 15 is 0 Å². The van der Waals surface area contributed by atoms with Gasteiger partial charge in [-0.1, -0.05) is 61.0 Å². The predicted molar refractivity (Wildman–Crippen MR) is 176 cm³/mol.